The molecule has 0 amide bonds. The van der Waals surface area contributed by atoms with Gasteiger partial charge in [-0.3, -0.25) is 0 Å². The molecule has 1 heterocycles. The van der Waals surface area contributed by atoms with Gasteiger partial charge < -0.3 is 4.74 Å². The second-order valence-electron chi connectivity index (χ2n) is 3.30. The van der Waals surface area contributed by atoms with E-state index in [4.69, 9.17) is 4.74 Å². The second kappa shape index (κ2) is 3.98. The largest absolute Gasteiger partial charge is 0.464 e. The van der Waals surface area contributed by atoms with Gasteiger partial charge in [0.25, 0.3) is 0 Å². The van der Waals surface area contributed by atoms with Crippen LogP contribution in [0.4, 0.5) is 0 Å². The maximum atomic E-state index is 11.4. The van der Waals surface area contributed by atoms with E-state index in [0.29, 0.717) is 11.6 Å². The molecule has 14 heavy (non-hydrogen) atoms. The van der Waals surface area contributed by atoms with Crippen molar-refractivity contribution in [1.82, 2.24) is 4.98 Å². The van der Waals surface area contributed by atoms with Gasteiger partial charge in [0, 0.05) is 4.88 Å². The van der Waals surface area contributed by atoms with Crippen LogP contribution in [0.3, 0.4) is 0 Å². The Kier molecular flexibility index (Phi) is 2.88. The third kappa shape index (κ3) is 1.70. The van der Waals surface area contributed by atoms with E-state index >= 15 is 0 Å². The lowest BCUT2D eigenvalue weighted by Gasteiger charge is -2.24. The Labute approximate surface area is 94.6 Å². The number of thiazole rings is 1. The van der Waals surface area contributed by atoms with E-state index in [2.05, 4.69) is 20.9 Å². The van der Waals surface area contributed by atoms with Crippen molar-refractivity contribution >= 4 is 33.2 Å². The number of carbonyl (C=O) groups excluding carboxylic acids is 1. The van der Waals surface area contributed by atoms with Gasteiger partial charge in [0.1, 0.15) is 0 Å². The fourth-order valence-electron chi connectivity index (χ4n) is 1.49. The Morgan fingerprint density at radius 3 is 2.86 bits per heavy atom. The average Bonchev–Trinajstić information content (AvgIpc) is 2.43. The number of methoxy groups -OCH3 is 1. The molecule has 1 saturated carbocycles. The molecule has 1 aliphatic rings. The van der Waals surface area contributed by atoms with Crippen molar-refractivity contribution in [3.8, 4) is 0 Å². The first kappa shape index (κ1) is 10.1. The van der Waals surface area contributed by atoms with E-state index in [1.54, 1.807) is 11.3 Å². The summed E-state index contributed by atoms with van der Waals surface area (Å²) in [6.07, 6.45) is 3.58. The van der Waals surface area contributed by atoms with Gasteiger partial charge in [-0.05, 0) is 34.7 Å². The van der Waals surface area contributed by atoms with Crippen molar-refractivity contribution in [3.63, 3.8) is 0 Å². The highest BCUT2D eigenvalue weighted by molar-refractivity contribution is 9.11. The normalized spacial score (nSPS) is 16.4. The van der Waals surface area contributed by atoms with Gasteiger partial charge in [-0.25, -0.2) is 9.78 Å². The first-order valence-electron chi connectivity index (χ1n) is 4.47. The van der Waals surface area contributed by atoms with Crippen LogP contribution < -0.4 is 0 Å². The Balaban J connectivity index is 2.32. The molecule has 2 rings (SSSR count). The van der Waals surface area contributed by atoms with Gasteiger partial charge in [-0.2, -0.15) is 0 Å². The number of aromatic nitrogens is 1. The molecule has 0 unspecified atom stereocenters. The minimum Gasteiger partial charge on any atom is -0.464 e. The molecule has 0 radical (unpaired) electrons. The fourth-order valence-corrected chi connectivity index (χ4v) is 3.14. The summed E-state index contributed by atoms with van der Waals surface area (Å²) in [5.41, 5.74) is 0.495. The van der Waals surface area contributed by atoms with Crippen LogP contribution in [0.15, 0.2) is 3.92 Å². The average molecular weight is 276 g/mol. The monoisotopic (exact) mass is 275 g/mol. The molecule has 0 N–H and O–H groups in total. The van der Waals surface area contributed by atoms with Gasteiger partial charge in [0.2, 0.25) is 0 Å². The highest BCUT2D eigenvalue weighted by atomic mass is 79.9. The van der Waals surface area contributed by atoms with Gasteiger partial charge in [-0.1, -0.05) is 6.42 Å². The summed E-state index contributed by atoms with van der Waals surface area (Å²) in [4.78, 5) is 16.6. The molecule has 0 aliphatic heterocycles. The Hall–Kier alpha value is -0.420. The van der Waals surface area contributed by atoms with Crippen LogP contribution in [-0.2, 0) is 4.74 Å². The molecular formula is C9H10BrNO2S. The van der Waals surface area contributed by atoms with Crippen molar-refractivity contribution in [3.05, 3.63) is 14.5 Å². The lowest BCUT2D eigenvalue weighted by molar-refractivity contribution is 0.0592. The highest BCUT2D eigenvalue weighted by Crippen LogP contribution is 2.42. The second-order valence-corrected chi connectivity index (χ2v) is 5.61. The van der Waals surface area contributed by atoms with Crippen LogP contribution in [0.2, 0.25) is 0 Å². The lowest BCUT2D eigenvalue weighted by Crippen LogP contribution is -2.12. The molecule has 0 spiro atoms. The van der Waals surface area contributed by atoms with E-state index in [1.807, 2.05) is 0 Å². The number of esters is 1. The van der Waals surface area contributed by atoms with Crippen LogP contribution in [0.5, 0.6) is 0 Å². The number of rotatable bonds is 2. The highest BCUT2D eigenvalue weighted by Gasteiger charge is 2.28. The molecule has 0 atom stereocenters. The molecule has 76 valence electrons. The van der Waals surface area contributed by atoms with Crippen LogP contribution in [0.1, 0.15) is 40.5 Å². The zero-order valence-electron chi connectivity index (χ0n) is 7.75. The zero-order valence-corrected chi connectivity index (χ0v) is 10.2. The summed E-state index contributed by atoms with van der Waals surface area (Å²) in [6.45, 7) is 0. The molecule has 1 aliphatic carbocycles. The van der Waals surface area contributed by atoms with Crippen molar-refractivity contribution in [1.29, 1.82) is 0 Å². The summed E-state index contributed by atoms with van der Waals surface area (Å²) >= 11 is 4.85. The van der Waals surface area contributed by atoms with E-state index in [-0.39, 0.29) is 5.97 Å². The summed E-state index contributed by atoms with van der Waals surface area (Å²) in [5.74, 6) is 0.196. The molecule has 3 nitrogen and oxygen atoms in total. The fraction of sp³-hybridized carbons (Fsp3) is 0.556. The third-order valence-corrected chi connectivity index (χ3v) is 4.15. The SMILES string of the molecule is COC(=O)c1nc(Br)sc1C1CCC1. The van der Waals surface area contributed by atoms with E-state index in [0.717, 1.165) is 8.79 Å². The number of ether oxygens (including phenoxy) is 1. The Morgan fingerprint density at radius 2 is 2.36 bits per heavy atom. The number of hydrogen-bond donors (Lipinski definition) is 0. The number of carbonyl (C=O) groups is 1. The third-order valence-electron chi connectivity index (χ3n) is 2.48. The number of hydrogen-bond acceptors (Lipinski definition) is 4. The lowest BCUT2D eigenvalue weighted by atomic mass is 9.84. The van der Waals surface area contributed by atoms with E-state index in [9.17, 15) is 4.79 Å². The van der Waals surface area contributed by atoms with Crippen molar-refractivity contribution in [2.45, 2.75) is 25.2 Å². The van der Waals surface area contributed by atoms with Gasteiger partial charge >= 0.3 is 5.97 Å². The molecule has 0 bridgehead atoms. The predicted octanol–water partition coefficient (Wildman–Crippen LogP) is 2.96. The van der Waals surface area contributed by atoms with Gasteiger partial charge in [0.05, 0.1) is 7.11 Å². The molecule has 5 heteroatoms. The van der Waals surface area contributed by atoms with Crippen LogP contribution in [-0.4, -0.2) is 18.1 Å². The standard InChI is InChI=1S/C9H10BrNO2S/c1-13-8(12)6-7(5-3-2-4-5)14-9(10)11-6/h5H,2-4H2,1H3. The van der Waals surface area contributed by atoms with Gasteiger partial charge in [0.15, 0.2) is 9.61 Å². The summed E-state index contributed by atoms with van der Waals surface area (Å²) < 4.78 is 5.46. The minimum atomic E-state index is -0.325. The van der Waals surface area contributed by atoms with Crippen molar-refractivity contribution in [2.75, 3.05) is 7.11 Å². The molecule has 0 saturated heterocycles. The van der Waals surface area contributed by atoms with Crippen LogP contribution >= 0.6 is 27.3 Å². The first-order chi connectivity index (χ1) is 6.72. The summed E-state index contributed by atoms with van der Waals surface area (Å²) in [7, 11) is 1.39. The first-order valence-corrected chi connectivity index (χ1v) is 6.08. The number of halogens is 1. The summed E-state index contributed by atoms with van der Waals surface area (Å²) in [6, 6.07) is 0. The smallest absolute Gasteiger partial charge is 0.357 e. The Bertz CT molecular complexity index is 360. The number of nitrogens with zero attached hydrogens (tertiary/aromatic N) is 1. The van der Waals surface area contributed by atoms with Crippen LogP contribution in [0, 0.1) is 0 Å². The predicted molar refractivity (Wildman–Crippen MR) is 57.7 cm³/mol. The topological polar surface area (TPSA) is 39.2 Å². The van der Waals surface area contributed by atoms with E-state index in [1.165, 1.54) is 26.4 Å². The quantitative estimate of drug-likeness (QED) is 0.779. The maximum absolute atomic E-state index is 11.4. The Morgan fingerprint density at radius 1 is 1.64 bits per heavy atom. The maximum Gasteiger partial charge on any atom is 0.357 e. The molecule has 1 aromatic heterocycles. The molecule has 1 fully saturated rings. The van der Waals surface area contributed by atoms with Crippen molar-refractivity contribution < 1.29 is 9.53 Å². The van der Waals surface area contributed by atoms with Crippen LogP contribution in [0.25, 0.3) is 0 Å². The van der Waals surface area contributed by atoms with E-state index < -0.39 is 0 Å². The zero-order chi connectivity index (χ0) is 10.1. The van der Waals surface area contributed by atoms with Crippen molar-refractivity contribution in [2.24, 2.45) is 0 Å². The minimum absolute atomic E-state index is 0.325. The van der Waals surface area contributed by atoms with Gasteiger partial charge in [-0.15, -0.1) is 11.3 Å². The molecule has 0 aromatic carbocycles. The molecule has 1 aromatic rings. The summed E-state index contributed by atoms with van der Waals surface area (Å²) in [5, 5.41) is 0. The molecular weight excluding hydrogens is 266 g/mol.